The highest BCUT2D eigenvalue weighted by molar-refractivity contribution is 5.93. The van der Waals surface area contributed by atoms with E-state index in [0.29, 0.717) is 12.8 Å². The van der Waals surface area contributed by atoms with Crippen LogP contribution in [0.5, 0.6) is 5.75 Å². The number of ether oxygens (including phenoxy) is 2. The number of ketones is 1. The van der Waals surface area contributed by atoms with Gasteiger partial charge in [0, 0.05) is 6.42 Å². The number of Topliss-reactive ketones (excluding diaryl/α,β-unsaturated/α-hetero) is 1. The summed E-state index contributed by atoms with van der Waals surface area (Å²) in [5, 5.41) is 2.60. The Morgan fingerprint density at radius 3 is 2.46 bits per heavy atom. The molecule has 1 aliphatic rings. The smallest absolute Gasteiger partial charge is 0.444 e. The van der Waals surface area contributed by atoms with Gasteiger partial charge in [0.2, 0.25) is 0 Å². The predicted octanol–water partition coefficient (Wildman–Crippen LogP) is 4.45. The molecule has 5 nitrogen and oxygen atoms in total. The highest BCUT2D eigenvalue weighted by Gasteiger charge is 2.44. The predicted molar refractivity (Wildman–Crippen MR) is 87.6 cm³/mol. The molecule has 1 fully saturated rings. The van der Waals surface area contributed by atoms with Crippen molar-refractivity contribution >= 4 is 11.9 Å². The van der Waals surface area contributed by atoms with E-state index in [4.69, 9.17) is 4.74 Å². The lowest BCUT2D eigenvalue weighted by Crippen LogP contribution is -2.54. The first-order valence-corrected chi connectivity index (χ1v) is 8.32. The Morgan fingerprint density at radius 2 is 1.88 bits per heavy atom. The monoisotopic (exact) mass is 373 g/mol. The summed E-state index contributed by atoms with van der Waals surface area (Å²) >= 11 is 0. The van der Waals surface area contributed by atoms with Crippen molar-refractivity contribution in [3.05, 3.63) is 29.8 Å². The third-order valence-electron chi connectivity index (χ3n) is 3.96. The second kappa shape index (κ2) is 7.17. The minimum Gasteiger partial charge on any atom is -0.444 e. The van der Waals surface area contributed by atoms with E-state index in [2.05, 4.69) is 10.1 Å². The molecule has 1 saturated carbocycles. The summed E-state index contributed by atoms with van der Waals surface area (Å²) in [6.45, 7) is 5.04. The Morgan fingerprint density at radius 1 is 1.19 bits per heavy atom. The van der Waals surface area contributed by atoms with Crippen molar-refractivity contribution in [1.82, 2.24) is 5.32 Å². The SMILES string of the molecule is CC(C)(C)OC(=O)NC1(c2cccc(OC(F)(F)F)c2)CCCCC1=O. The quantitative estimate of drug-likeness (QED) is 0.850. The zero-order valence-corrected chi connectivity index (χ0v) is 14.9. The molecule has 2 rings (SSSR count). The van der Waals surface area contributed by atoms with Gasteiger partial charge >= 0.3 is 12.5 Å². The van der Waals surface area contributed by atoms with Crippen molar-refractivity contribution in [2.45, 2.75) is 64.0 Å². The molecule has 144 valence electrons. The molecule has 8 heteroatoms. The van der Waals surface area contributed by atoms with Gasteiger partial charge in [0.25, 0.3) is 0 Å². The molecular formula is C18H22F3NO4. The van der Waals surface area contributed by atoms with Crippen molar-refractivity contribution in [2.24, 2.45) is 0 Å². The fraction of sp³-hybridized carbons (Fsp3) is 0.556. The van der Waals surface area contributed by atoms with Crippen molar-refractivity contribution < 1.29 is 32.2 Å². The number of nitrogens with one attached hydrogen (secondary N) is 1. The number of rotatable bonds is 3. The molecular weight excluding hydrogens is 351 g/mol. The first-order chi connectivity index (χ1) is 11.9. The van der Waals surface area contributed by atoms with Gasteiger partial charge in [-0.15, -0.1) is 13.2 Å². The molecule has 0 saturated heterocycles. The van der Waals surface area contributed by atoms with Gasteiger partial charge in [-0.2, -0.15) is 0 Å². The van der Waals surface area contributed by atoms with Gasteiger partial charge in [-0.05, 0) is 57.7 Å². The molecule has 0 aromatic heterocycles. The van der Waals surface area contributed by atoms with Crippen molar-refractivity contribution in [2.75, 3.05) is 0 Å². The minimum absolute atomic E-state index is 0.222. The number of carbonyl (C=O) groups is 2. The molecule has 0 radical (unpaired) electrons. The number of amides is 1. The Balaban J connectivity index is 2.38. The summed E-state index contributed by atoms with van der Waals surface area (Å²) in [5.74, 6) is -0.711. The van der Waals surface area contributed by atoms with Crippen LogP contribution in [0.2, 0.25) is 0 Å². The second-order valence-electron chi connectivity index (χ2n) is 7.24. The Bertz CT molecular complexity index is 682. The van der Waals surface area contributed by atoms with Gasteiger partial charge in [0.1, 0.15) is 16.9 Å². The van der Waals surface area contributed by atoms with Crippen LogP contribution < -0.4 is 10.1 Å². The molecule has 0 bridgehead atoms. The Hall–Kier alpha value is -2.25. The average molecular weight is 373 g/mol. The molecule has 1 aromatic rings. The topological polar surface area (TPSA) is 64.6 Å². The van der Waals surface area contributed by atoms with E-state index in [1.165, 1.54) is 12.1 Å². The van der Waals surface area contributed by atoms with Crippen LogP contribution in [0, 0.1) is 0 Å². The van der Waals surface area contributed by atoms with E-state index in [-0.39, 0.29) is 24.2 Å². The maximum absolute atomic E-state index is 12.7. The zero-order chi connectivity index (χ0) is 19.6. The molecule has 1 unspecified atom stereocenters. The molecule has 1 atom stereocenters. The van der Waals surface area contributed by atoms with E-state index in [1.807, 2.05) is 0 Å². The second-order valence-corrected chi connectivity index (χ2v) is 7.24. The summed E-state index contributed by atoms with van der Waals surface area (Å²) in [6.07, 6.45) is -3.84. The third-order valence-corrected chi connectivity index (χ3v) is 3.96. The van der Waals surface area contributed by atoms with E-state index in [1.54, 1.807) is 20.8 Å². The van der Waals surface area contributed by atoms with Gasteiger partial charge < -0.3 is 14.8 Å². The standard InChI is InChI=1S/C18H22F3NO4/c1-16(2,3)26-15(24)22-17(10-5-4-9-14(17)23)12-7-6-8-13(11-12)25-18(19,20)21/h6-8,11H,4-5,9-10H2,1-3H3,(H,22,24). The van der Waals surface area contributed by atoms with E-state index in [9.17, 15) is 22.8 Å². The number of alkyl halides is 3. The van der Waals surface area contributed by atoms with Crippen LogP contribution in [-0.2, 0) is 15.1 Å². The number of hydrogen-bond donors (Lipinski definition) is 1. The fourth-order valence-electron chi connectivity index (χ4n) is 2.97. The van der Waals surface area contributed by atoms with Gasteiger partial charge in [-0.1, -0.05) is 12.1 Å². The van der Waals surface area contributed by atoms with Crippen LogP contribution in [0.3, 0.4) is 0 Å². The molecule has 0 heterocycles. The first kappa shape index (κ1) is 20.1. The van der Waals surface area contributed by atoms with Gasteiger partial charge in [0.15, 0.2) is 5.78 Å². The van der Waals surface area contributed by atoms with Crippen molar-refractivity contribution in [3.63, 3.8) is 0 Å². The zero-order valence-electron chi connectivity index (χ0n) is 14.9. The van der Waals surface area contributed by atoms with Gasteiger partial charge in [-0.3, -0.25) is 4.79 Å². The Labute approximate surface area is 149 Å². The highest BCUT2D eigenvalue weighted by Crippen LogP contribution is 2.37. The fourth-order valence-corrected chi connectivity index (χ4v) is 2.97. The van der Waals surface area contributed by atoms with E-state index in [0.717, 1.165) is 12.1 Å². The molecule has 0 aliphatic heterocycles. The molecule has 0 spiro atoms. The minimum atomic E-state index is -4.85. The molecule has 1 amide bonds. The normalized spacial score (nSPS) is 21.2. The number of alkyl carbamates (subject to hydrolysis) is 1. The summed E-state index contributed by atoms with van der Waals surface area (Å²) in [5.41, 5.74) is -1.95. The lowest BCUT2D eigenvalue weighted by atomic mass is 9.75. The van der Waals surface area contributed by atoms with Crippen molar-refractivity contribution in [1.29, 1.82) is 0 Å². The molecule has 1 N–H and O–H groups in total. The van der Waals surface area contributed by atoms with Crippen molar-refractivity contribution in [3.8, 4) is 5.75 Å². The van der Waals surface area contributed by atoms with E-state index < -0.39 is 29.3 Å². The van der Waals surface area contributed by atoms with Crippen LogP contribution in [-0.4, -0.2) is 23.8 Å². The average Bonchev–Trinajstić information content (AvgIpc) is 2.46. The van der Waals surface area contributed by atoms with Crippen LogP contribution in [0.25, 0.3) is 0 Å². The molecule has 1 aromatic carbocycles. The highest BCUT2D eigenvalue weighted by atomic mass is 19.4. The summed E-state index contributed by atoms with van der Waals surface area (Å²) < 4.78 is 46.7. The maximum atomic E-state index is 12.7. The maximum Gasteiger partial charge on any atom is 0.573 e. The molecule has 1 aliphatic carbocycles. The largest absolute Gasteiger partial charge is 0.573 e. The first-order valence-electron chi connectivity index (χ1n) is 8.32. The van der Waals surface area contributed by atoms with Crippen LogP contribution in [0.1, 0.15) is 52.0 Å². The number of hydrogen-bond acceptors (Lipinski definition) is 4. The number of benzene rings is 1. The van der Waals surface area contributed by atoms with Crippen LogP contribution >= 0.6 is 0 Å². The number of carbonyl (C=O) groups excluding carboxylic acids is 2. The third kappa shape index (κ3) is 5.12. The summed E-state index contributed by atoms with van der Waals surface area (Å²) in [4.78, 5) is 24.9. The van der Waals surface area contributed by atoms with Gasteiger partial charge in [-0.25, -0.2) is 4.79 Å². The summed E-state index contributed by atoms with van der Waals surface area (Å²) in [7, 11) is 0. The van der Waals surface area contributed by atoms with Gasteiger partial charge in [0.05, 0.1) is 0 Å². The lowest BCUT2D eigenvalue weighted by molar-refractivity contribution is -0.274. The van der Waals surface area contributed by atoms with E-state index >= 15 is 0 Å². The summed E-state index contributed by atoms with van der Waals surface area (Å²) in [6, 6.07) is 5.14. The van der Waals surface area contributed by atoms with Crippen LogP contribution in [0.4, 0.5) is 18.0 Å². The Kier molecular flexibility index (Phi) is 5.53. The lowest BCUT2D eigenvalue weighted by Gasteiger charge is -2.37. The van der Waals surface area contributed by atoms with Crippen LogP contribution in [0.15, 0.2) is 24.3 Å². The molecule has 26 heavy (non-hydrogen) atoms. The number of halogens is 3.